The SMILES string of the molecule is CS(=O)(=O)C1CCCC12CC2N. The van der Waals surface area contributed by atoms with E-state index in [1.165, 1.54) is 6.26 Å². The summed E-state index contributed by atoms with van der Waals surface area (Å²) >= 11 is 0. The van der Waals surface area contributed by atoms with Crippen molar-refractivity contribution in [2.75, 3.05) is 6.26 Å². The van der Waals surface area contributed by atoms with Crippen LogP contribution in [0.3, 0.4) is 0 Å². The van der Waals surface area contributed by atoms with Crippen LogP contribution in [0.4, 0.5) is 0 Å². The van der Waals surface area contributed by atoms with Crippen LogP contribution in [0.25, 0.3) is 0 Å². The summed E-state index contributed by atoms with van der Waals surface area (Å²) < 4.78 is 22.8. The van der Waals surface area contributed by atoms with E-state index in [0.717, 1.165) is 25.7 Å². The lowest BCUT2D eigenvalue weighted by Crippen LogP contribution is -2.30. The van der Waals surface area contributed by atoms with Gasteiger partial charge in [-0.15, -0.1) is 0 Å². The maximum Gasteiger partial charge on any atom is 0.150 e. The molecule has 12 heavy (non-hydrogen) atoms. The zero-order valence-corrected chi connectivity index (χ0v) is 8.10. The van der Waals surface area contributed by atoms with Gasteiger partial charge in [0.15, 0.2) is 9.84 Å². The van der Waals surface area contributed by atoms with Gasteiger partial charge in [0.25, 0.3) is 0 Å². The molecule has 0 aromatic rings. The van der Waals surface area contributed by atoms with Gasteiger partial charge in [0.1, 0.15) is 0 Å². The second kappa shape index (κ2) is 2.23. The first-order valence-electron chi connectivity index (χ1n) is 4.41. The number of hydrogen-bond acceptors (Lipinski definition) is 3. The monoisotopic (exact) mass is 189 g/mol. The third-order valence-corrected chi connectivity index (χ3v) is 5.18. The number of sulfone groups is 1. The molecule has 2 N–H and O–H groups in total. The summed E-state index contributed by atoms with van der Waals surface area (Å²) in [6.07, 6.45) is 5.14. The Morgan fingerprint density at radius 1 is 1.50 bits per heavy atom. The van der Waals surface area contributed by atoms with Crippen molar-refractivity contribution in [1.29, 1.82) is 0 Å². The second-order valence-corrected chi connectivity index (χ2v) is 6.48. The minimum atomic E-state index is -2.86. The summed E-state index contributed by atoms with van der Waals surface area (Å²) in [5.74, 6) is 0. The molecule has 0 radical (unpaired) electrons. The van der Waals surface area contributed by atoms with E-state index >= 15 is 0 Å². The van der Waals surface area contributed by atoms with E-state index < -0.39 is 9.84 Å². The molecule has 3 atom stereocenters. The first-order chi connectivity index (χ1) is 5.47. The Morgan fingerprint density at radius 2 is 2.08 bits per heavy atom. The van der Waals surface area contributed by atoms with Crippen LogP contribution in [0, 0.1) is 5.41 Å². The van der Waals surface area contributed by atoms with E-state index in [4.69, 9.17) is 5.73 Å². The Bertz CT molecular complexity index is 298. The van der Waals surface area contributed by atoms with Crippen molar-refractivity contribution in [3.05, 3.63) is 0 Å². The van der Waals surface area contributed by atoms with E-state index in [0.29, 0.717) is 0 Å². The van der Waals surface area contributed by atoms with Gasteiger partial charge in [0.05, 0.1) is 5.25 Å². The smallest absolute Gasteiger partial charge is 0.150 e. The topological polar surface area (TPSA) is 60.2 Å². The van der Waals surface area contributed by atoms with Gasteiger partial charge in [-0.2, -0.15) is 0 Å². The molecule has 0 aromatic heterocycles. The van der Waals surface area contributed by atoms with Crippen LogP contribution in [-0.2, 0) is 9.84 Å². The number of hydrogen-bond donors (Lipinski definition) is 1. The van der Waals surface area contributed by atoms with Crippen molar-refractivity contribution in [2.45, 2.75) is 37.0 Å². The molecular weight excluding hydrogens is 174 g/mol. The lowest BCUT2D eigenvalue weighted by molar-refractivity contribution is 0.491. The maximum absolute atomic E-state index is 11.4. The van der Waals surface area contributed by atoms with E-state index in [1.54, 1.807) is 0 Å². The highest BCUT2D eigenvalue weighted by Gasteiger charge is 2.62. The normalized spacial score (nSPS) is 46.8. The summed E-state index contributed by atoms with van der Waals surface area (Å²) in [7, 11) is -2.86. The van der Waals surface area contributed by atoms with E-state index in [-0.39, 0.29) is 16.7 Å². The van der Waals surface area contributed by atoms with Gasteiger partial charge >= 0.3 is 0 Å². The molecule has 4 heteroatoms. The summed E-state index contributed by atoms with van der Waals surface area (Å²) in [6.45, 7) is 0. The fraction of sp³-hybridized carbons (Fsp3) is 1.00. The first-order valence-corrected chi connectivity index (χ1v) is 6.37. The standard InChI is InChI=1S/C8H15NO2S/c1-12(10,11)7-3-2-4-8(7)5-6(8)9/h6-7H,2-5,9H2,1H3. The molecule has 2 saturated carbocycles. The van der Waals surface area contributed by atoms with Gasteiger partial charge in [-0.25, -0.2) is 8.42 Å². The van der Waals surface area contributed by atoms with Gasteiger partial charge in [0.2, 0.25) is 0 Å². The maximum atomic E-state index is 11.4. The number of rotatable bonds is 1. The highest BCUT2D eigenvalue weighted by atomic mass is 32.2. The Kier molecular flexibility index (Phi) is 1.58. The van der Waals surface area contributed by atoms with Crippen LogP contribution in [0.1, 0.15) is 25.7 Å². The van der Waals surface area contributed by atoms with Gasteiger partial charge in [-0.1, -0.05) is 6.42 Å². The Labute approximate surface area is 73.2 Å². The van der Waals surface area contributed by atoms with Crippen LogP contribution in [-0.4, -0.2) is 26.0 Å². The average molecular weight is 189 g/mol. The van der Waals surface area contributed by atoms with Crippen LogP contribution in [0.5, 0.6) is 0 Å². The molecule has 3 nitrogen and oxygen atoms in total. The van der Waals surface area contributed by atoms with Crippen LogP contribution >= 0.6 is 0 Å². The highest BCUT2D eigenvalue weighted by Crippen LogP contribution is 2.58. The van der Waals surface area contributed by atoms with Gasteiger partial charge in [-0.3, -0.25) is 0 Å². The molecule has 0 heterocycles. The molecule has 1 spiro atoms. The predicted molar refractivity (Wildman–Crippen MR) is 47.5 cm³/mol. The molecule has 2 rings (SSSR count). The molecule has 70 valence electrons. The van der Waals surface area contributed by atoms with Gasteiger partial charge in [0, 0.05) is 17.7 Å². The highest BCUT2D eigenvalue weighted by molar-refractivity contribution is 7.91. The molecule has 2 fully saturated rings. The van der Waals surface area contributed by atoms with Gasteiger partial charge < -0.3 is 5.73 Å². The lowest BCUT2D eigenvalue weighted by atomic mass is 10.1. The zero-order chi connectivity index (χ0) is 8.98. The fourth-order valence-corrected chi connectivity index (χ4v) is 4.55. The van der Waals surface area contributed by atoms with Crippen LogP contribution < -0.4 is 5.73 Å². The molecule has 2 aliphatic rings. The van der Waals surface area contributed by atoms with E-state index in [1.807, 2.05) is 0 Å². The quantitative estimate of drug-likeness (QED) is 0.645. The second-order valence-electron chi connectivity index (χ2n) is 4.25. The van der Waals surface area contributed by atoms with Crippen LogP contribution in [0.2, 0.25) is 0 Å². The predicted octanol–water partition coefficient (Wildman–Crippen LogP) is 0.301. The van der Waals surface area contributed by atoms with Crippen molar-refractivity contribution < 1.29 is 8.42 Å². The first kappa shape index (κ1) is 8.51. The molecule has 0 bridgehead atoms. The average Bonchev–Trinajstić information content (AvgIpc) is 2.44. The lowest BCUT2D eigenvalue weighted by Gasteiger charge is -2.16. The fourth-order valence-electron chi connectivity index (χ4n) is 2.71. The summed E-state index contributed by atoms with van der Waals surface area (Å²) in [4.78, 5) is 0. The third kappa shape index (κ3) is 1.01. The Hall–Kier alpha value is -0.0900. The van der Waals surface area contributed by atoms with Crippen molar-refractivity contribution >= 4 is 9.84 Å². The summed E-state index contributed by atoms with van der Waals surface area (Å²) in [6, 6.07) is 0.153. The summed E-state index contributed by atoms with van der Waals surface area (Å²) in [5, 5.41) is -0.139. The Morgan fingerprint density at radius 3 is 2.42 bits per heavy atom. The van der Waals surface area contributed by atoms with Crippen molar-refractivity contribution in [3.8, 4) is 0 Å². The summed E-state index contributed by atoms with van der Waals surface area (Å²) in [5.41, 5.74) is 5.78. The van der Waals surface area contributed by atoms with Crippen molar-refractivity contribution in [3.63, 3.8) is 0 Å². The molecule has 0 saturated heterocycles. The molecular formula is C8H15NO2S. The van der Waals surface area contributed by atoms with E-state index in [9.17, 15) is 8.42 Å². The third-order valence-electron chi connectivity index (χ3n) is 3.44. The van der Waals surface area contributed by atoms with Crippen LogP contribution in [0.15, 0.2) is 0 Å². The zero-order valence-electron chi connectivity index (χ0n) is 7.29. The van der Waals surface area contributed by atoms with Crippen molar-refractivity contribution in [1.82, 2.24) is 0 Å². The van der Waals surface area contributed by atoms with Crippen molar-refractivity contribution in [2.24, 2.45) is 11.1 Å². The number of nitrogens with two attached hydrogens (primary N) is 1. The minimum absolute atomic E-state index is 0.00637. The molecule has 0 aliphatic heterocycles. The minimum Gasteiger partial charge on any atom is -0.327 e. The molecule has 3 unspecified atom stereocenters. The van der Waals surface area contributed by atoms with E-state index in [2.05, 4.69) is 0 Å². The molecule has 2 aliphatic carbocycles. The van der Waals surface area contributed by atoms with Gasteiger partial charge in [-0.05, 0) is 19.3 Å². The molecule has 0 aromatic carbocycles. The Balaban J connectivity index is 2.28. The molecule has 0 amide bonds. The largest absolute Gasteiger partial charge is 0.327 e.